The van der Waals surface area contributed by atoms with E-state index in [0.29, 0.717) is 30.0 Å². The number of nitrogens with one attached hydrogen (secondary N) is 2. The van der Waals surface area contributed by atoms with E-state index < -0.39 is 5.97 Å². The zero-order valence-electron chi connectivity index (χ0n) is 15.8. The Balaban J connectivity index is 1.58. The van der Waals surface area contributed by atoms with Crippen molar-refractivity contribution >= 4 is 34.8 Å². The molecular weight excluding hydrogens is 388 g/mol. The molecule has 29 heavy (non-hydrogen) atoms. The van der Waals surface area contributed by atoms with Gasteiger partial charge in [0.05, 0.1) is 6.42 Å². The van der Waals surface area contributed by atoms with Gasteiger partial charge in [0.2, 0.25) is 5.91 Å². The number of anilines is 1. The van der Waals surface area contributed by atoms with Gasteiger partial charge in [-0.05, 0) is 47.3 Å². The van der Waals surface area contributed by atoms with Gasteiger partial charge >= 0.3 is 5.97 Å². The lowest BCUT2D eigenvalue weighted by molar-refractivity contribution is -0.131. The van der Waals surface area contributed by atoms with Crippen LogP contribution in [0.2, 0.25) is 0 Å². The minimum atomic E-state index is -0.448. The molecule has 3 rings (SSSR count). The molecule has 3 aromatic rings. The minimum Gasteiger partial charge on any atom is -0.427 e. The number of ether oxygens (including phenoxy) is 1. The third kappa shape index (κ3) is 6.29. The van der Waals surface area contributed by atoms with Gasteiger partial charge in [-0.1, -0.05) is 24.3 Å². The van der Waals surface area contributed by atoms with E-state index in [9.17, 15) is 14.4 Å². The van der Waals surface area contributed by atoms with Crippen molar-refractivity contribution in [2.45, 2.75) is 19.9 Å². The molecule has 0 saturated heterocycles. The lowest BCUT2D eigenvalue weighted by Gasteiger charge is -2.09. The lowest BCUT2D eigenvalue weighted by Crippen LogP contribution is -2.24. The first-order valence-corrected chi connectivity index (χ1v) is 9.85. The van der Waals surface area contributed by atoms with Crippen molar-refractivity contribution in [2.75, 3.05) is 5.32 Å². The molecule has 7 heteroatoms. The molecule has 2 amide bonds. The first-order valence-electron chi connectivity index (χ1n) is 8.97. The molecule has 148 valence electrons. The molecule has 2 N–H and O–H groups in total. The van der Waals surface area contributed by atoms with E-state index in [4.69, 9.17) is 4.74 Å². The zero-order chi connectivity index (χ0) is 20.6. The number of thiophene rings is 1. The van der Waals surface area contributed by atoms with Gasteiger partial charge in [-0.25, -0.2) is 0 Å². The van der Waals surface area contributed by atoms with Crippen molar-refractivity contribution in [3.05, 3.63) is 82.0 Å². The summed E-state index contributed by atoms with van der Waals surface area (Å²) in [6, 6.07) is 17.5. The maximum atomic E-state index is 12.5. The molecular formula is C22H20N2O4S. The molecule has 2 aromatic carbocycles. The third-order valence-corrected chi connectivity index (χ3v) is 4.82. The van der Waals surface area contributed by atoms with Crippen LogP contribution in [0.1, 0.15) is 27.7 Å². The second-order valence-corrected chi connectivity index (χ2v) is 7.34. The average Bonchev–Trinajstić information content (AvgIpc) is 3.19. The summed E-state index contributed by atoms with van der Waals surface area (Å²) in [6.07, 6.45) is 0.354. The number of amides is 2. The van der Waals surface area contributed by atoms with Crippen LogP contribution in [0.4, 0.5) is 5.69 Å². The first-order chi connectivity index (χ1) is 14.0. The van der Waals surface area contributed by atoms with Crippen molar-refractivity contribution in [3.8, 4) is 5.75 Å². The maximum Gasteiger partial charge on any atom is 0.308 e. The lowest BCUT2D eigenvalue weighted by atomic mass is 10.1. The molecule has 0 aliphatic rings. The van der Waals surface area contributed by atoms with Gasteiger partial charge in [0.15, 0.2) is 0 Å². The number of carbonyl (C=O) groups is 3. The molecule has 6 nitrogen and oxygen atoms in total. The van der Waals surface area contributed by atoms with Gasteiger partial charge in [0, 0.05) is 29.6 Å². The minimum absolute atomic E-state index is 0.0517. The van der Waals surface area contributed by atoms with Crippen LogP contribution in [0.3, 0.4) is 0 Å². The maximum absolute atomic E-state index is 12.5. The smallest absolute Gasteiger partial charge is 0.308 e. The molecule has 0 bridgehead atoms. The van der Waals surface area contributed by atoms with E-state index in [1.165, 1.54) is 13.0 Å². The monoisotopic (exact) mass is 408 g/mol. The Morgan fingerprint density at radius 3 is 2.59 bits per heavy atom. The van der Waals surface area contributed by atoms with Crippen molar-refractivity contribution in [2.24, 2.45) is 0 Å². The second kappa shape index (κ2) is 9.66. The standard InChI is InChI=1S/C22H20N2O4S/c1-15(25)28-19-8-3-6-17(12-19)22(27)24-18-7-2-5-16(11-18)14-23-21(26)13-20-9-4-10-29-20/h2-12H,13-14H2,1H3,(H,23,26)(H,24,27). The quantitative estimate of drug-likeness (QED) is 0.460. The van der Waals surface area contributed by atoms with Gasteiger partial charge < -0.3 is 15.4 Å². The number of hydrogen-bond acceptors (Lipinski definition) is 5. The summed E-state index contributed by atoms with van der Waals surface area (Å²) < 4.78 is 5.01. The van der Waals surface area contributed by atoms with Crippen LogP contribution in [0.15, 0.2) is 66.0 Å². The van der Waals surface area contributed by atoms with E-state index >= 15 is 0 Å². The molecule has 0 aliphatic carbocycles. The fraction of sp³-hybridized carbons (Fsp3) is 0.136. The van der Waals surface area contributed by atoms with E-state index in [0.717, 1.165) is 10.4 Å². The summed E-state index contributed by atoms with van der Waals surface area (Å²) in [5.74, 6) is -0.509. The molecule has 1 aromatic heterocycles. The van der Waals surface area contributed by atoms with Crippen LogP contribution in [0, 0.1) is 0 Å². The van der Waals surface area contributed by atoms with Gasteiger partial charge in [-0.2, -0.15) is 0 Å². The van der Waals surface area contributed by atoms with Crippen LogP contribution < -0.4 is 15.4 Å². The summed E-state index contributed by atoms with van der Waals surface area (Å²) in [6.45, 7) is 1.67. The Kier molecular flexibility index (Phi) is 6.76. The Morgan fingerprint density at radius 2 is 1.83 bits per heavy atom. The largest absolute Gasteiger partial charge is 0.427 e. The average molecular weight is 408 g/mol. The summed E-state index contributed by atoms with van der Waals surface area (Å²) >= 11 is 1.55. The van der Waals surface area contributed by atoms with Crippen LogP contribution >= 0.6 is 11.3 Å². The zero-order valence-corrected chi connectivity index (χ0v) is 16.6. The van der Waals surface area contributed by atoms with Gasteiger partial charge in [0.1, 0.15) is 5.75 Å². The van der Waals surface area contributed by atoms with Crippen molar-refractivity contribution in [3.63, 3.8) is 0 Å². The number of rotatable bonds is 7. The summed E-state index contributed by atoms with van der Waals surface area (Å²) in [4.78, 5) is 36.6. The Bertz CT molecular complexity index is 1020. The van der Waals surface area contributed by atoms with Crippen LogP contribution in [0.5, 0.6) is 5.75 Å². The Labute approximate surface area is 172 Å². The number of hydrogen-bond donors (Lipinski definition) is 2. The second-order valence-electron chi connectivity index (χ2n) is 6.31. The predicted octanol–water partition coefficient (Wildman–Crippen LogP) is 3.78. The Morgan fingerprint density at radius 1 is 1.00 bits per heavy atom. The molecule has 0 saturated carbocycles. The molecule has 1 heterocycles. The van der Waals surface area contributed by atoms with Crippen LogP contribution in [-0.2, 0) is 22.6 Å². The van der Waals surface area contributed by atoms with Gasteiger partial charge in [-0.3, -0.25) is 14.4 Å². The molecule has 0 atom stereocenters. The fourth-order valence-electron chi connectivity index (χ4n) is 2.66. The highest BCUT2D eigenvalue weighted by Gasteiger charge is 2.09. The number of carbonyl (C=O) groups excluding carboxylic acids is 3. The van der Waals surface area contributed by atoms with Crippen molar-refractivity contribution in [1.82, 2.24) is 5.32 Å². The van der Waals surface area contributed by atoms with Crippen molar-refractivity contribution in [1.29, 1.82) is 0 Å². The summed E-state index contributed by atoms with van der Waals surface area (Å²) in [7, 11) is 0. The topological polar surface area (TPSA) is 84.5 Å². The molecule has 0 unspecified atom stereocenters. The summed E-state index contributed by atoms with van der Waals surface area (Å²) in [5.41, 5.74) is 1.85. The highest BCUT2D eigenvalue weighted by molar-refractivity contribution is 7.10. The number of benzene rings is 2. The Hall–Kier alpha value is -3.45. The molecule has 0 spiro atoms. The van der Waals surface area contributed by atoms with E-state index in [1.54, 1.807) is 41.7 Å². The van der Waals surface area contributed by atoms with E-state index in [-0.39, 0.29) is 11.8 Å². The molecule has 0 fully saturated rings. The van der Waals surface area contributed by atoms with Crippen molar-refractivity contribution < 1.29 is 19.1 Å². The SMILES string of the molecule is CC(=O)Oc1cccc(C(=O)Nc2cccc(CNC(=O)Cc3cccs3)c2)c1. The fourth-order valence-corrected chi connectivity index (χ4v) is 3.37. The van der Waals surface area contributed by atoms with E-state index in [1.807, 2.05) is 29.6 Å². The number of esters is 1. The molecule has 0 radical (unpaired) electrons. The highest BCUT2D eigenvalue weighted by atomic mass is 32.1. The third-order valence-electron chi connectivity index (χ3n) is 3.95. The normalized spacial score (nSPS) is 10.2. The first kappa shape index (κ1) is 20.3. The van der Waals surface area contributed by atoms with E-state index in [2.05, 4.69) is 10.6 Å². The summed E-state index contributed by atoms with van der Waals surface area (Å²) in [5, 5.41) is 7.64. The predicted molar refractivity (Wildman–Crippen MR) is 112 cm³/mol. The van der Waals surface area contributed by atoms with Crippen LogP contribution in [-0.4, -0.2) is 17.8 Å². The highest BCUT2D eigenvalue weighted by Crippen LogP contribution is 2.17. The molecule has 0 aliphatic heterocycles. The van der Waals surface area contributed by atoms with Gasteiger partial charge in [-0.15, -0.1) is 11.3 Å². The van der Waals surface area contributed by atoms with Crippen LogP contribution in [0.25, 0.3) is 0 Å². The van der Waals surface area contributed by atoms with Gasteiger partial charge in [0.25, 0.3) is 5.91 Å².